The second kappa shape index (κ2) is 8.37. The molecule has 2 aromatic carbocycles. The molecule has 0 amide bonds. The third-order valence-electron chi connectivity index (χ3n) is 4.76. The van der Waals surface area contributed by atoms with Gasteiger partial charge in [0.25, 0.3) is 0 Å². The molecule has 1 saturated heterocycles. The molecule has 4 heteroatoms. The van der Waals surface area contributed by atoms with Crippen LogP contribution >= 0.6 is 0 Å². The molecule has 2 nitrogen and oxygen atoms in total. The lowest BCUT2D eigenvalue weighted by Gasteiger charge is -2.30. The van der Waals surface area contributed by atoms with E-state index in [0.717, 1.165) is 55.7 Å². The second-order valence-corrected chi connectivity index (χ2v) is 6.44. The van der Waals surface area contributed by atoms with E-state index in [0.29, 0.717) is 0 Å². The van der Waals surface area contributed by atoms with Gasteiger partial charge in [-0.05, 0) is 60.9 Å². The highest BCUT2D eigenvalue weighted by Gasteiger charge is 2.18. The number of benzene rings is 2. The molecule has 0 spiro atoms. The predicted molar refractivity (Wildman–Crippen MR) is 98.4 cm³/mol. The highest BCUT2D eigenvalue weighted by molar-refractivity contribution is 5.82. The van der Waals surface area contributed by atoms with Gasteiger partial charge in [-0.15, -0.1) is 0 Å². The summed E-state index contributed by atoms with van der Waals surface area (Å²) in [7, 11) is 1.97. The van der Waals surface area contributed by atoms with Crippen LogP contribution in [0.2, 0.25) is 0 Å². The zero-order valence-electron chi connectivity index (χ0n) is 14.6. The smallest absolute Gasteiger partial charge is 0.123 e. The van der Waals surface area contributed by atoms with E-state index in [1.54, 1.807) is 0 Å². The number of piperidine rings is 1. The molecule has 0 aromatic heterocycles. The van der Waals surface area contributed by atoms with E-state index in [1.807, 2.05) is 31.3 Å². The maximum Gasteiger partial charge on any atom is 0.123 e. The van der Waals surface area contributed by atoms with Crippen molar-refractivity contribution < 1.29 is 8.78 Å². The molecule has 1 aliphatic rings. The number of halogens is 2. The molecule has 0 bridgehead atoms. The van der Waals surface area contributed by atoms with Crippen molar-refractivity contribution in [2.45, 2.75) is 12.8 Å². The summed E-state index contributed by atoms with van der Waals surface area (Å²) in [6, 6.07) is 13.2. The minimum absolute atomic E-state index is 0.242. The van der Waals surface area contributed by atoms with E-state index in [1.165, 1.54) is 29.8 Å². The highest BCUT2D eigenvalue weighted by atomic mass is 19.1. The number of hydrogen-bond acceptors (Lipinski definition) is 2. The van der Waals surface area contributed by atoms with E-state index >= 15 is 0 Å². The van der Waals surface area contributed by atoms with Gasteiger partial charge in [-0.25, -0.2) is 8.78 Å². The number of likely N-dealkylation sites (N-methyl/N-ethyl adjacent to an activating group) is 1. The third-order valence-corrected chi connectivity index (χ3v) is 4.76. The van der Waals surface area contributed by atoms with E-state index in [9.17, 15) is 8.78 Å². The van der Waals surface area contributed by atoms with Gasteiger partial charge in [0.05, 0.1) is 0 Å². The fourth-order valence-electron chi connectivity index (χ4n) is 3.37. The molecule has 0 unspecified atom stereocenters. The first kappa shape index (κ1) is 17.8. The SMILES string of the molecule is CNCCN1CCC(=C(c2ccc(F)cc2)c2ccc(F)cc2)CC1. The van der Waals surface area contributed by atoms with Crippen molar-refractivity contribution in [3.05, 3.63) is 76.9 Å². The Morgan fingerprint density at radius 1 is 0.880 bits per heavy atom. The van der Waals surface area contributed by atoms with E-state index < -0.39 is 0 Å². The molecule has 1 aliphatic heterocycles. The maximum absolute atomic E-state index is 13.3. The van der Waals surface area contributed by atoms with Crippen LogP contribution in [0, 0.1) is 11.6 Å². The van der Waals surface area contributed by atoms with Crippen LogP contribution in [0.1, 0.15) is 24.0 Å². The van der Waals surface area contributed by atoms with Crippen LogP contribution in [-0.4, -0.2) is 38.1 Å². The molecule has 1 N–H and O–H groups in total. The Labute approximate surface area is 148 Å². The third kappa shape index (κ3) is 4.53. The van der Waals surface area contributed by atoms with E-state index in [-0.39, 0.29) is 11.6 Å². The monoisotopic (exact) mass is 342 g/mol. The van der Waals surface area contributed by atoms with Gasteiger partial charge in [0.2, 0.25) is 0 Å². The number of likely N-dealkylation sites (tertiary alicyclic amines) is 1. The summed E-state index contributed by atoms with van der Waals surface area (Å²) in [6.45, 7) is 4.07. The van der Waals surface area contributed by atoms with E-state index in [4.69, 9.17) is 0 Å². The van der Waals surface area contributed by atoms with Gasteiger partial charge in [-0.2, -0.15) is 0 Å². The van der Waals surface area contributed by atoms with Gasteiger partial charge < -0.3 is 10.2 Å². The standard InChI is InChI=1S/C21H24F2N2/c1-24-12-15-25-13-10-18(11-14-25)21(16-2-6-19(22)7-3-16)17-4-8-20(23)9-5-17/h2-9,24H,10-15H2,1H3. The molecule has 1 heterocycles. The van der Waals surface area contributed by atoms with Crippen molar-refractivity contribution in [1.82, 2.24) is 10.2 Å². The molecule has 2 aromatic rings. The molecule has 1 fully saturated rings. The van der Waals surface area contributed by atoms with Crippen molar-refractivity contribution >= 4 is 5.57 Å². The first-order valence-corrected chi connectivity index (χ1v) is 8.78. The first-order chi connectivity index (χ1) is 12.2. The van der Waals surface area contributed by atoms with Crippen LogP contribution in [0.3, 0.4) is 0 Å². The summed E-state index contributed by atoms with van der Waals surface area (Å²) in [5, 5.41) is 3.19. The van der Waals surface area contributed by atoms with Crippen LogP contribution in [0.15, 0.2) is 54.1 Å². The molecular weight excluding hydrogens is 318 g/mol. The first-order valence-electron chi connectivity index (χ1n) is 8.78. The van der Waals surface area contributed by atoms with Crippen LogP contribution in [0.25, 0.3) is 5.57 Å². The summed E-state index contributed by atoms with van der Waals surface area (Å²) in [6.07, 6.45) is 1.96. The Hall–Kier alpha value is -2.04. The fourth-order valence-corrected chi connectivity index (χ4v) is 3.37. The topological polar surface area (TPSA) is 15.3 Å². The van der Waals surface area contributed by atoms with Gasteiger partial charge in [0.1, 0.15) is 11.6 Å². The molecule has 25 heavy (non-hydrogen) atoms. The Balaban J connectivity index is 1.91. The molecular formula is C21H24F2N2. The lowest BCUT2D eigenvalue weighted by atomic mass is 9.88. The number of rotatable bonds is 5. The number of nitrogens with one attached hydrogen (secondary N) is 1. The molecule has 0 saturated carbocycles. The van der Waals surface area contributed by atoms with Gasteiger partial charge >= 0.3 is 0 Å². The van der Waals surface area contributed by atoms with E-state index in [2.05, 4.69) is 10.2 Å². The molecule has 3 rings (SSSR count). The van der Waals surface area contributed by atoms with Crippen molar-refractivity contribution in [2.24, 2.45) is 0 Å². The zero-order chi connectivity index (χ0) is 17.6. The Kier molecular flexibility index (Phi) is 5.95. The minimum atomic E-state index is -0.242. The predicted octanol–water partition coefficient (Wildman–Crippen LogP) is 4.08. The average molecular weight is 342 g/mol. The summed E-state index contributed by atoms with van der Waals surface area (Å²) in [5.74, 6) is -0.483. The van der Waals surface area contributed by atoms with Crippen LogP contribution in [-0.2, 0) is 0 Å². The lowest BCUT2D eigenvalue weighted by Crippen LogP contribution is -2.35. The Bertz CT molecular complexity index is 663. The average Bonchev–Trinajstić information content (AvgIpc) is 2.64. The van der Waals surface area contributed by atoms with Gasteiger partial charge in [-0.3, -0.25) is 0 Å². The Morgan fingerprint density at radius 3 is 1.80 bits per heavy atom. The van der Waals surface area contributed by atoms with Gasteiger partial charge in [0, 0.05) is 26.2 Å². The summed E-state index contributed by atoms with van der Waals surface area (Å²) < 4.78 is 26.7. The van der Waals surface area contributed by atoms with Crippen molar-refractivity contribution in [3.8, 4) is 0 Å². The molecule has 0 radical (unpaired) electrons. The number of hydrogen-bond donors (Lipinski definition) is 1. The number of nitrogens with zero attached hydrogens (tertiary/aromatic N) is 1. The van der Waals surface area contributed by atoms with Crippen LogP contribution in [0.5, 0.6) is 0 Å². The van der Waals surface area contributed by atoms with Crippen LogP contribution in [0.4, 0.5) is 8.78 Å². The fraction of sp³-hybridized carbons (Fsp3) is 0.333. The zero-order valence-corrected chi connectivity index (χ0v) is 14.6. The molecule has 0 aliphatic carbocycles. The van der Waals surface area contributed by atoms with Gasteiger partial charge in [-0.1, -0.05) is 29.8 Å². The normalized spacial score (nSPS) is 15.4. The van der Waals surface area contributed by atoms with Crippen molar-refractivity contribution in [2.75, 3.05) is 33.2 Å². The largest absolute Gasteiger partial charge is 0.318 e. The highest BCUT2D eigenvalue weighted by Crippen LogP contribution is 2.32. The quantitative estimate of drug-likeness (QED) is 0.881. The summed E-state index contributed by atoms with van der Waals surface area (Å²) in [4.78, 5) is 2.45. The van der Waals surface area contributed by atoms with Crippen LogP contribution < -0.4 is 5.32 Å². The Morgan fingerprint density at radius 2 is 1.36 bits per heavy atom. The minimum Gasteiger partial charge on any atom is -0.318 e. The molecule has 132 valence electrons. The van der Waals surface area contributed by atoms with Gasteiger partial charge in [0.15, 0.2) is 0 Å². The summed E-state index contributed by atoms with van der Waals surface area (Å²) >= 11 is 0. The second-order valence-electron chi connectivity index (χ2n) is 6.44. The van der Waals surface area contributed by atoms with Crippen molar-refractivity contribution in [1.29, 1.82) is 0 Å². The lowest BCUT2D eigenvalue weighted by molar-refractivity contribution is 0.259. The molecule has 0 atom stereocenters. The summed E-state index contributed by atoms with van der Waals surface area (Å²) in [5.41, 5.74) is 4.46. The maximum atomic E-state index is 13.3. The van der Waals surface area contributed by atoms with Crippen molar-refractivity contribution in [3.63, 3.8) is 0 Å².